The smallest absolute Gasteiger partial charge is 0.250 e. The van der Waals surface area contributed by atoms with Gasteiger partial charge >= 0.3 is 0 Å². The highest BCUT2D eigenvalue weighted by Crippen LogP contribution is 2.37. The van der Waals surface area contributed by atoms with Gasteiger partial charge in [0.1, 0.15) is 0 Å². The average Bonchev–Trinajstić information content (AvgIpc) is 2.37. The third kappa shape index (κ3) is 6.32. The lowest BCUT2D eigenvalue weighted by Crippen LogP contribution is -2.40. The Morgan fingerprint density at radius 3 is 2.38 bits per heavy atom. The van der Waals surface area contributed by atoms with Gasteiger partial charge in [-0.2, -0.15) is 0 Å². The van der Waals surface area contributed by atoms with Gasteiger partial charge in [0, 0.05) is 0 Å². The molecule has 0 atom stereocenters. The summed E-state index contributed by atoms with van der Waals surface area (Å²) in [5.74, 6) is 0.727. The van der Waals surface area contributed by atoms with E-state index in [0.717, 1.165) is 5.76 Å². The molecule has 0 saturated heterocycles. The normalized spacial score (nSPS) is 12.6. The lowest BCUT2D eigenvalue weighted by Gasteiger charge is -2.36. The molecule has 2 nitrogen and oxygen atoms in total. The van der Waals surface area contributed by atoms with E-state index in [-0.39, 0.29) is 5.04 Å². The van der Waals surface area contributed by atoms with Crippen LogP contribution in [0.15, 0.2) is 54.8 Å². The van der Waals surface area contributed by atoms with Crippen molar-refractivity contribution in [3.8, 4) is 0 Å². The molecule has 3 heteroatoms. The highest BCUT2D eigenvalue weighted by Gasteiger charge is 2.38. The summed E-state index contributed by atoms with van der Waals surface area (Å²) in [7, 11) is -1.78. The second kappa shape index (κ2) is 7.62. The third-order valence-corrected chi connectivity index (χ3v) is 8.21. The Labute approximate surface area is 130 Å². The van der Waals surface area contributed by atoms with Crippen LogP contribution in [-0.2, 0) is 15.8 Å². The van der Waals surface area contributed by atoms with Gasteiger partial charge in [-0.05, 0) is 29.8 Å². The van der Waals surface area contributed by atoms with Gasteiger partial charge < -0.3 is 9.16 Å². The number of hydrogen-bond acceptors (Lipinski definition) is 2. The van der Waals surface area contributed by atoms with Crippen LogP contribution in [0.2, 0.25) is 18.1 Å². The number of ether oxygens (including phenoxy) is 1. The summed E-state index contributed by atoms with van der Waals surface area (Å²) in [5, 5.41) is 0.188. The first-order valence-electron chi connectivity index (χ1n) is 7.38. The molecule has 116 valence electrons. The maximum atomic E-state index is 6.07. The molecule has 0 heterocycles. The minimum atomic E-state index is -1.78. The SMILES string of the molecule is C=C(/C=C/COCc1ccccc1)O[Si](C)(C)C(C)(C)C. The van der Waals surface area contributed by atoms with Crippen LogP contribution in [0.3, 0.4) is 0 Å². The topological polar surface area (TPSA) is 18.5 Å². The first-order chi connectivity index (χ1) is 9.72. The highest BCUT2D eigenvalue weighted by molar-refractivity contribution is 6.74. The van der Waals surface area contributed by atoms with Gasteiger partial charge in [-0.25, -0.2) is 0 Å². The molecule has 0 radical (unpaired) electrons. The molecule has 0 unspecified atom stereocenters. The Morgan fingerprint density at radius 1 is 1.19 bits per heavy atom. The van der Waals surface area contributed by atoms with Crippen molar-refractivity contribution in [2.24, 2.45) is 0 Å². The molecule has 0 fully saturated rings. The molecule has 0 aliphatic carbocycles. The average molecular weight is 305 g/mol. The predicted octanol–water partition coefficient (Wildman–Crippen LogP) is 5.29. The van der Waals surface area contributed by atoms with E-state index >= 15 is 0 Å². The maximum Gasteiger partial charge on any atom is 0.250 e. The summed E-state index contributed by atoms with van der Waals surface area (Å²) in [6, 6.07) is 10.2. The Kier molecular flexibility index (Phi) is 6.43. The summed E-state index contributed by atoms with van der Waals surface area (Å²) in [6.45, 7) is 16.3. The van der Waals surface area contributed by atoms with Gasteiger partial charge in [-0.1, -0.05) is 63.8 Å². The van der Waals surface area contributed by atoms with E-state index in [2.05, 4.69) is 52.6 Å². The molecule has 0 aliphatic rings. The van der Waals surface area contributed by atoms with E-state index in [1.165, 1.54) is 5.56 Å². The van der Waals surface area contributed by atoms with E-state index in [4.69, 9.17) is 9.16 Å². The minimum Gasteiger partial charge on any atom is -0.544 e. The predicted molar refractivity (Wildman–Crippen MR) is 92.7 cm³/mol. The Balaban J connectivity index is 2.32. The second-order valence-corrected chi connectivity index (χ2v) is 11.5. The molecule has 0 amide bonds. The fourth-order valence-corrected chi connectivity index (χ4v) is 2.54. The molecule has 21 heavy (non-hydrogen) atoms. The Morgan fingerprint density at radius 2 is 1.81 bits per heavy atom. The number of hydrogen-bond donors (Lipinski definition) is 0. The molecule has 1 aromatic rings. The molecule has 0 bridgehead atoms. The molecule has 0 spiro atoms. The minimum absolute atomic E-state index is 0.188. The van der Waals surface area contributed by atoms with E-state index in [1.807, 2.05) is 30.4 Å². The van der Waals surface area contributed by atoms with E-state index in [9.17, 15) is 0 Å². The summed E-state index contributed by atoms with van der Waals surface area (Å²) in [6.07, 6.45) is 3.86. The van der Waals surface area contributed by atoms with E-state index in [1.54, 1.807) is 0 Å². The van der Waals surface area contributed by atoms with Crippen molar-refractivity contribution in [3.63, 3.8) is 0 Å². The fourth-order valence-electron chi connectivity index (χ4n) is 1.51. The molecule has 1 rings (SSSR count). The van der Waals surface area contributed by atoms with Crippen LogP contribution in [0.25, 0.3) is 0 Å². The maximum absolute atomic E-state index is 6.07. The van der Waals surface area contributed by atoms with Crippen LogP contribution in [0.1, 0.15) is 26.3 Å². The third-order valence-electron chi connectivity index (χ3n) is 3.82. The highest BCUT2D eigenvalue weighted by atomic mass is 28.4. The molecule has 0 aromatic heterocycles. The number of rotatable bonds is 7. The van der Waals surface area contributed by atoms with Gasteiger partial charge in [0.2, 0.25) is 8.32 Å². The van der Waals surface area contributed by atoms with Gasteiger partial charge in [-0.15, -0.1) is 0 Å². The molecule has 0 aliphatic heterocycles. The van der Waals surface area contributed by atoms with Gasteiger partial charge in [0.15, 0.2) is 0 Å². The summed E-state index contributed by atoms with van der Waals surface area (Å²) < 4.78 is 11.7. The standard InChI is InChI=1S/C18H28O2Si/c1-16(20-21(5,6)18(2,3)4)11-10-14-19-15-17-12-8-7-9-13-17/h7-13H,1,14-15H2,2-6H3/b11-10+. The van der Waals surface area contributed by atoms with Crippen molar-refractivity contribution < 1.29 is 9.16 Å². The summed E-state index contributed by atoms with van der Waals surface area (Å²) in [4.78, 5) is 0. The fraction of sp³-hybridized carbons (Fsp3) is 0.444. The lowest BCUT2D eigenvalue weighted by molar-refractivity contribution is 0.148. The first-order valence-corrected chi connectivity index (χ1v) is 10.3. The number of allylic oxidation sites excluding steroid dienone is 1. The summed E-state index contributed by atoms with van der Waals surface area (Å²) in [5.41, 5.74) is 1.18. The molecule has 0 saturated carbocycles. The van der Waals surface area contributed by atoms with Gasteiger partial charge in [0.25, 0.3) is 0 Å². The zero-order chi connectivity index (χ0) is 15.9. The van der Waals surface area contributed by atoms with Gasteiger partial charge in [0.05, 0.1) is 19.0 Å². The van der Waals surface area contributed by atoms with Crippen LogP contribution in [0.4, 0.5) is 0 Å². The van der Waals surface area contributed by atoms with Crippen LogP contribution in [-0.4, -0.2) is 14.9 Å². The van der Waals surface area contributed by atoms with Crippen molar-refractivity contribution in [2.45, 2.75) is 45.5 Å². The second-order valence-electron chi connectivity index (χ2n) is 6.73. The zero-order valence-electron chi connectivity index (χ0n) is 14.0. The zero-order valence-corrected chi connectivity index (χ0v) is 15.0. The van der Waals surface area contributed by atoms with Crippen molar-refractivity contribution in [2.75, 3.05) is 6.61 Å². The largest absolute Gasteiger partial charge is 0.544 e. The van der Waals surface area contributed by atoms with Crippen molar-refractivity contribution >= 4 is 8.32 Å². The number of benzene rings is 1. The van der Waals surface area contributed by atoms with Crippen LogP contribution in [0, 0.1) is 0 Å². The lowest BCUT2D eigenvalue weighted by atomic mass is 10.2. The molecule has 0 N–H and O–H groups in total. The Bertz CT molecular complexity index is 470. The molecular weight excluding hydrogens is 276 g/mol. The quantitative estimate of drug-likeness (QED) is 0.295. The molecular formula is C18H28O2Si. The van der Waals surface area contributed by atoms with Crippen molar-refractivity contribution in [1.82, 2.24) is 0 Å². The van der Waals surface area contributed by atoms with Gasteiger partial charge in [-0.3, -0.25) is 0 Å². The van der Waals surface area contributed by atoms with Crippen LogP contribution in [0.5, 0.6) is 0 Å². The van der Waals surface area contributed by atoms with E-state index in [0.29, 0.717) is 13.2 Å². The summed E-state index contributed by atoms with van der Waals surface area (Å²) >= 11 is 0. The monoisotopic (exact) mass is 304 g/mol. The Hall–Kier alpha value is -1.32. The first kappa shape index (κ1) is 17.7. The van der Waals surface area contributed by atoms with Crippen molar-refractivity contribution in [1.29, 1.82) is 0 Å². The van der Waals surface area contributed by atoms with Crippen LogP contribution < -0.4 is 0 Å². The van der Waals surface area contributed by atoms with Crippen LogP contribution >= 0.6 is 0 Å². The van der Waals surface area contributed by atoms with Crippen molar-refractivity contribution in [3.05, 3.63) is 60.4 Å². The molecule has 1 aromatic carbocycles. The van der Waals surface area contributed by atoms with E-state index < -0.39 is 8.32 Å².